The number of fused-ring (bicyclic) bond motifs is 1. The number of unbranched alkanes of at least 4 members (excludes halogenated alkanes) is 1. The van der Waals surface area contributed by atoms with Crippen LogP contribution in [0.3, 0.4) is 0 Å². The van der Waals surface area contributed by atoms with Gasteiger partial charge in [-0.05, 0) is 43.4 Å². The van der Waals surface area contributed by atoms with Gasteiger partial charge in [-0.2, -0.15) is 0 Å². The molecule has 20 heteroatoms. The molecule has 20 nitrogen and oxygen atoms in total. The quantitative estimate of drug-likeness (QED) is 0.0770. The van der Waals surface area contributed by atoms with Crippen LogP contribution in [-0.4, -0.2) is 119 Å². The Kier molecular flexibility index (Phi) is 26.2. The zero-order chi connectivity index (χ0) is 40.4. The van der Waals surface area contributed by atoms with E-state index in [2.05, 4.69) is 15.0 Å². The molecular weight excluding hydrogens is 686 g/mol. The van der Waals surface area contributed by atoms with Gasteiger partial charge in [-0.3, -0.25) is 24.0 Å². The molecule has 2 aromatic heterocycles. The number of nitrogens with one attached hydrogen (secondary N) is 2. The van der Waals surface area contributed by atoms with E-state index >= 15 is 0 Å². The van der Waals surface area contributed by atoms with Crippen LogP contribution in [0.15, 0.2) is 43.0 Å². The zero-order valence-corrected chi connectivity index (χ0v) is 29.3. The lowest BCUT2D eigenvalue weighted by Gasteiger charge is -2.07. The van der Waals surface area contributed by atoms with Crippen LogP contribution >= 0.6 is 0 Å². The summed E-state index contributed by atoms with van der Waals surface area (Å²) in [6.45, 7) is 3.99. The average molecular weight is 742 g/mol. The predicted molar refractivity (Wildman–Crippen MR) is 192 cm³/mol. The Morgan fingerprint density at radius 1 is 0.712 bits per heavy atom. The number of hydrogen-bond acceptors (Lipinski definition) is 13. The minimum Gasteiger partial charge on any atom is -0.480 e. The maximum atomic E-state index is 10.6. The van der Waals surface area contributed by atoms with E-state index < -0.39 is 66.7 Å². The van der Waals surface area contributed by atoms with Gasteiger partial charge in [-0.25, -0.2) is 4.98 Å². The van der Waals surface area contributed by atoms with E-state index in [1.54, 1.807) is 6.20 Å². The summed E-state index contributed by atoms with van der Waals surface area (Å²) in [6, 6.07) is 3.52. The molecule has 0 fully saturated rings. The molecule has 52 heavy (non-hydrogen) atoms. The van der Waals surface area contributed by atoms with E-state index in [-0.39, 0.29) is 6.42 Å². The number of aliphatic carboxylic acids is 5. The third-order valence-electron chi connectivity index (χ3n) is 6.58. The number of carboxylic acid groups (broad SMARTS) is 5. The Bertz CT molecular complexity index is 1450. The number of aromatic nitrogens is 3. The predicted octanol–water partition coefficient (Wildman–Crippen LogP) is -1.15. The summed E-state index contributed by atoms with van der Waals surface area (Å²) in [4.78, 5) is 60.4. The van der Waals surface area contributed by atoms with Gasteiger partial charge < -0.3 is 75.0 Å². The molecule has 0 spiro atoms. The largest absolute Gasteiger partial charge is 0.480 e. The lowest BCUT2D eigenvalue weighted by Crippen LogP contribution is -2.33. The number of aliphatic hydroxyl groups excluding tert-OH is 1. The highest BCUT2D eigenvalue weighted by Crippen LogP contribution is 2.18. The number of aromatic amines is 2. The molecule has 0 amide bonds. The minimum absolute atomic E-state index is 0.263. The van der Waals surface area contributed by atoms with Crippen LogP contribution in [0.2, 0.25) is 0 Å². The summed E-state index contributed by atoms with van der Waals surface area (Å²) >= 11 is 0. The fraction of sp³-hybridized carbons (Fsp3) is 0.500. The highest BCUT2D eigenvalue weighted by molar-refractivity contribution is 5.84. The molecule has 5 atom stereocenters. The SMILES string of the molecule is CC(C)C[C@H](N)C(=O)O.NCCCC[C@H](N)C(=O)O.N[C@@H](Cc1c[nH]cn1)C(=O)O.N[C@H](CO)C(=O)O.N[C@H](Cc1c[nH]c2ccccc12)C(=O)O. The van der Waals surface area contributed by atoms with Gasteiger partial charge in [0.15, 0.2) is 0 Å². The topological polar surface area (TPSA) is 407 Å². The van der Waals surface area contributed by atoms with Crippen LogP contribution in [0.4, 0.5) is 0 Å². The lowest BCUT2D eigenvalue weighted by molar-refractivity contribution is -0.140. The molecule has 0 aliphatic rings. The Morgan fingerprint density at radius 2 is 1.23 bits per heavy atom. The molecule has 2 heterocycles. The summed E-state index contributed by atoms with van der Waals surface area (Å²) in [6.07, 6.45) is 8.26. The third-order valence-corrected chi connectivity index (χ3v) is 6.58. The zero-order valence-electron chi connectivity index (χ0n) is 29.3. The van der Waals surface area contributed by atoms with Crippen LogP contribution in [-0.2, 0) is 36.8 Å². The van der Waals surface area contributed by atoms with Gasteiger partial charge in [0.2, 0.25) is 0 Å². The summed E-state index contributed by atoms with van der Waals surface area (Å²) < 4.78 is 0. The Balaban J connectivity index is 0. The molecule has 0 aliphatic carbocycles. The Labute approximate surface area is 300 Å². The number of hydrogen-bond donors (Lipinski definition) is 14. The van der Waals surface area contributed by atoms with E-state index in [1.165, 1.54) is 6.33 Å². The minimum atomic E-state index is -1.18. The van der Waals surface area contributed by atoms with Gasteiger partial charge in [0.25, 0.3) is 0 Å². The Morgan fingerprint density at radius 3 is 1.63 bits per heavy atom. The lowest BCUT2D eigenvalue weighted by atomic mass is 10.1. The number of imidazole rings is 1. The van der Waals surface area contributed by atoms with Gasteiger partial charge in [-0.15, -0.1) is 0 Å². The van der Waals surface area contributed by atoms with Gasteiger partial charge in [0, 0.05) is 36.1 Å². The molecule has 20 N–H and O–H groups in total. The molecule has 0 unspecified atom stereocenters. The monoisotopic (exact) mass is 741 g/mol. The molecule has 1 aromatic carbocycles. The van der Waals surface area contributed by atoms with Crippen LogP contribution in [0, 0.1) is 5.92 Å². The first kappa shape index (κ1) is 49.2. The van der Waals surface area contributed by atoms with E-state index in [1.807, 2.05) is 44.3 Å². The molecule has 0 saturated carbocycles. The van der Waals surface area contributed by atoms with Crippen LogP contribution in [0.5, 0.6) is 0 Å². The number of H-pyrrole nitrogens is 2. The number of aliphatic hydroxyl groups is 1. The average Bonchev–Trinajstić information content (AvgIpc) is 3.75. The first-order valence-electron chi connectivity index (χ1n) is 16.0. The summed E-state index contributed by atoms with van der Waals surface area (Å²) in [7, 11) is 0. The van der Waals surface area contributed by atoms with Crippen molar-refractivity contribution in [2.24, 2.45) is 40.3 Å². The van der Waals surface area contributed by atoms with Gasteiger partial charge in [0.05, 0.1) is 18.6 Å². The molecule has 0 saturated heterocycles. The van der Waals surface area contributed by atoms with Crippen molar-refractivity contribution < 1.29 is 54.6 Å². The van der Waals surface area contributed by atoms with Gasteiger partial charge in [-0.1, -0.05) is 38.5 Å². The highest BCUT2D eigenvalue weighted by Gasteiger charge is 2.15. The maximum Gasteiger partial charge on any atom is 0.322 e. The highest BCUT2D eigenvalue weighted by atomic mass is 16.4. The number of nitrogens with two attached hydrogens (primary N) is 6. The number of nitrogens with zero attached hydrogens (tertiary/aromatic N) is 1. The van der Waals surface area contributed by atoms with E-state index in [0.29, 0.717) is 37.4 Å². The van der Waals surface area contributed by atoms with E-state index in [9.17, 15) is 24.0 Å². The van der Waals surface area contributed by atoms with Crippen molar-refractivity contribution in [2.75, 3.05) is 13.2 Å². The second kappa shape index (κ2) is 27.7. The number of benzene rings is 1. The fourth-order valence-corrected chi connectivity index (χ4v) is 3.66. The van der Waals surface area contributed by atoms with Gasteiger partial charge in [0.1, 0.15) is 30.2 Å². The Hall–Kier alpha value is -4.96. The van der Waals surface area contributed by atoms with Crippen molar-refractivity contribution in [3.8, 4) is 0 Å². The van der Waals surface area contributed by atoms with Crippen LogP contribution in [0.1, 0.15) is 50.8 Å². The molecule has 3 rings (SSSR count). The van der Waals surface area contributed by atoms with Crippen molar-refractivity contribution in [3.05, 3.63) is 54.2 Å². The van der Waals surface area contributed by atoms with Crippen molar-refractivity contribution in [2.45, 2.75) is 82.6 Å². The molecule has 0 aliphatic heterocycles. The van der Waals surface area contributed by atoms with Crippen molar-refractivity contribution in [1.82, 2.24) is 15.0 Å². The first-order valence-corrected chi connectivity index (χ1v) is 16.0. The van der Waals surface area contributed by atoms with E-state index in [0.717, 1.165) is 29.3 Å². The summed E-state index contributed by atoms with van der Waals surface area (Å²) in [5, 5.41) is 50.7. The third kappa shape index (κ3) is 23.4. The standard InChI is InChI=1S/C11H12N2O2.C6H9N3O2.C6H14N2O2.C6H13NO2.C3H7NO3/c12-9(11(14)15)5-7-6-13-10-4-2-1-3-8(7)10;7-5(6(10)11)1-4-2-8-3-9-4;7-4-2-1-3-5(8)6(9)10;1-4(2)3-5(7)6(8)9;4-2(1-5)3(6)7/h1-4,6,9,13H,5,12H2,(H,14,15);2-3,5H,1,7H2,(H,8,9)(H,10,11);5H,1-4,7-8H2,(H,9,10);4-5H,3,7H2,1-2H3,(H,8,9);2,5H,1,4H2,(H,6,7)/t9-;3*5-;2-/m10001/s1. The number of para-hydroxylation sites is 1. The fourth-order valence-electron chi connectivity index (χ4n) is 3.66. The molecule has 0 radical (unpaired) electrons. The smallest absolute Gasteiger partial charge is 0.322 e. The summed E-state index contributed by atoms with van der Waals surface area (Å²) in [5.74, 6) is -4.65. The van der Waals surface area contributed by atoms with Gasteiger partial charge >= 0.3 is 29.8 Å². The molecular formula is C32H55N9O11. The van der Waals surface area contributed by atoms with Crippen molar-refractivity contribution in [1.29, 1.82) is 0 Å². The summed E-state index contributed by atoms with van der Waals surface area (Å²) in [5.41, 5.74) is 33.8. The molecule has 294 valence electrons. The van der Waals surface area contributed by atoms with E-state index in [4.69, 9.17) is 65.0 Å². The number of carboxylic acids is 5. The number of rotatable bonds is 16. The van der Waals surface area contributed by atoms with Crippen molar-refractivity contribution in [3.63, 3.8) is 0 Å². The molecule has 0 bridgehead atoms. The second-order valence-corrected chi connectivity index (χ2v) is 11.6. The van der Waals surface area contributed by atoms with Crippen LogP contribution in [0.25, 0.3) is 10.9 Å². The first-order chi connectivity index (χ1) is 24.3. The van der Waals surface area contributed by atoms with Crippen LogP contribution < -0.4 is 34.4 Å². The van der Waals surface area contributed by atoms with Crippen molar-refractivity contribution >= 4 is 40.7 Å². The normalized spacial score (nSPS) is 13.1. The second-order valence-electron chi connectivity index (χ2n) is 11.6. The maximum absolute atomic E-state index is 10.6. The number of carbonyl (C=O) groups is 5. The molecule has 3 aromatic rings.